The van der Waals surface area contributed by atoms with Crippen molar-refractivity contribution in [1.29, 1.82) is 0 Å². The lowest BCUT2D eigenvalue weighted by Crippen LogP contribution is -2.40. The topological polar surface area (TPSA) is 144 Å². The van der Waals surface area contributed by atoms with Crippen LogP contribution in [0, 0.1) is 11.7 Å². The van der Waals surface area contributed by atoms with Gasteiger partial charge in [-0.15, -0.1) is 0 Å². The average Bonchev–Trinajstić information content (AvgIpc) is 3.19. The monoisotopic (exact) mass is 737 g/mol. The van der Waals surface area contributed by atoms with Gasteiger partial charge in [0.05, 0.1) is 24.8 Å². The molecule has 2 heterocycles. The fourth-order valence-electron chi connectivity index (χ4n) is 6.97. The summed E-state index contributed by atoms with van der Waals surface area (Å²) in [4.78, 5) is 30.4. The van der Waals surface area contributed by atoms with E-state index in [1.807, 2.05) is 18.2 Å². The summed E-state index contributed by atoms with van der Waals surface area (Å²) in [6.07, 6.45) is 3.35. The SMILES string of the molecule is O=C(OCC1CCN(Cc2ccccc2)CC1)C(O)(c1ccc(F)cc1)c1cccc(OCCCCCNCC(O)c2ccc(O)c3[nH]c(=O)ccc23)c1. The summed E-state index contributed by atoms with van der Waals surface area (Å²) >= 11 is 0. The van der Waals surface area contributed by atoms with E-state index in [-0.39, 0.29) is 35.0 Å². The molecule has 0 radical (unpaired) electrons. The highest BCUT2D eigenvalue weighted by molar-refractivity contribution is 5.87. The minimum atomic E-state index is -2.17. The van der Waals surface area contributed by atoms with E-state index in [1.54, 1.807) is 36.4 Å². The lowest BCUT2D eigenvalue weighted by atomic mass is 9.86. The van der Waals surface area contributed by atoms with Crippen LogP contribution < -0.4 is 15.6 Å². The summed E-state index contributed by atoms with van der Waals surface area (Å²) in [6.45, 7) is 4.22. The number of aromatic nitrogens is 1. The predicted molar refractivity (Wildman–Crippen MR) is 205 cm³/mol. The van der Waals surface area contributed by atoms with Gasteiger partial charge < -0.3 is 35.1 Å². The van der Waals surface area contributed by atoms with Gasteiger partial charge in [-0.05, 0) is 111 Å². The number of likely N-dealkylation sites (tertiary alicyclic amines) is 1. The first kappa shape index (κ1) is 38.6. The highest BCUT2D eigenvalue weighted by atomic mass is 19.1. The minimum Gasteiger partial charge on any atom is -0.506 e. The maximum atomic E-state index is 13.9. The molecule has 1 fully saturated rings. The van der Waals surface area contributed by atoms with E-state index in [0.29, 0.717) is 41.9 Å². The maximum Gasteiger partial charge on any atom is 0.347 e. The number of aliphatic hydroxyl groups excluding tert-OH is 1. The summed E-state index contributed by atoms with van der Waals surface area (Å²) in [5.74, 6) is -0.700. The number of hydrogen-bond acceptors (Lipinski definition) is 9. The van der Waals surface area contributed by atoms with E-state index >= 15 is 0 Å². The Morgan fingerprint density at radius 2 is 1.70 bits per heavy atom. The van der Waals surface area contributed by atoms with Crippen molar-refractivity contribution in [2.45, 2.75) is 50.4 Å². The fraction of sp³-hybridized carbons (Fsp3) is 0.349. The van der Waals surface area contributed by atoms with Crippen LogP contribution in [0.15, 0.2) is 108 Å². The van der Waals surface area contributed by atoms with E-state index in [1.165, 1.54) is 42.0 Å². The van der Waals surface area contributed by atoms with Gasteiger partial charge in [0.2, 0.25) is 11.2 Å². The molecule has 10 nitrogen and oxygen atoms in total. The van der Waals surface area contributed by atoms with Crippen LogP contribution in [0.25, 0.3) is 10.9 Å². The highest BCUT2D eigenvalue weighted by Gasteiger charge is 2.42. The minimum absolute atomic E-state index is 0.0523. The molecular weight excluding hydrogens is 689 g/mol. The van der Waals surface area contributed by atoms with Gasteiger partial charge in [0.15, 0.2) is 0 Å². The molecule has 1 aliphatic rings. The Kier molecular flexibility index (Phi) is 13.1. The van der Waals surface area contributed by atoms with Crippen molar-refractivity contribution < 1.29 is 34.0 Å². The molecule has 6 rings (SSSR count). The van der Waals surface area contributed by atoms with Crippen LogP contribution in [-0.2, 0) is 21.7 Å². The van der Waals surface area contributed by atoms with Crippen molar-refractivity contribution in [3.8, 4) is 11.5 Å². The number of hydrogen-bond donors (Lipinski definition) is 5. The molecule has 0 amide bonds. The Labute approximate surface area is 314 Å². The third-order valence-electron chi connectivity index (χ3n) is 10.1. The number of phenols is 1. The summed E-state index contributed by atoms with van der Waals surface area (Å²) < 4.78 is 25.7. The highest BCUT2D eigenvalue weighted by Crippen LogP contribution is 2.34. The van der Waals surface area contributed by atoms with Gasteiger partial charge in [-0.25, -0.2) is 9.18 Å². The number of aromatic hydroxyl groups is 1. The van der Waals surface area contributed by atoms with Crippen LogP contribution in [0.5, 0.6) is 11.5 Å². The summed E-state index contributed by atoms with van der Waals surface area (Å²) in [6, 6.07) is 28.3. The Hall–Kier alpha value is -5.07. The molecule has 4 aromatic carbocycles. The number of piperidine rings is 1. The zero-order valence-electron chi connectivity index (χ0n) is 30.3. The predicted octanol–water partition coefficient (Wildman–Crippen LogP) is 5.94. The van der Waals surface area contributed by atoms with Crippen LogP contribution in [-0.4, -0.2) is 70.6 Å². The van der Waals surface area contributed by atoms with Gasteiger partial charge in [-0.3, -0.25) is 9.69 Å². The van der Waals surface area contributed by atoms with E-state index in [2.05, 4.69) is 27.3 Å². The third kappa shape index (κ3) is 9.72. The number of phenolic OH excluding ortho intramolecular Hbond substituents is 1. The molecule has 2 unspecified atom stereocenters. The van der Waals surface area contributed by atoms with Gasteiger partial charge >= 0.3 is 5.97 Å². The first-order valence-electron chi connectivity index (χ1n) is 18.6. The number of pyridine rings is 1. The number of rotatable bonds is 17. The molecule has 5 aromatic rings. The molecule has 0 spiro atoms. The second-order valence-electron chi connectivity index (χ2n) is 14.0. The number of aromatic amines is 1. The first-order valence-corrected chi connectivity index (χ1v) is 18.6. The average molecular weight is 738 g/mol. The number of H-pyrrole nitrogens is 1. The number of carbonyl (C=O) groups is 1. The molecule has 1 saturated heterocycles. The number of unbranched alkanes of at least 4 members (excludes halogenated alkanes) is 2. The van der Waals surface area contributed by atoms with Crippen LogP contribution in [0.2, 0.25) is 0 Å². The molecule has 284 valence electrons. The Balaban J connectivity index is 0.974. The summed E-state index contributed by atoms with van der Waals surface area (Å²) in [5.41, 5.74) is 0.147. The number of carbonyl (C=O) groups excluding carboxylic acids is 1. The normalized spacial score (nSPS) is 15.5. The van der Waals surface area contributed by atoms with Gasteiger partial charge in [0.1, 0.15) is 17.3 Å². The van der Waals surface area contributed by atoms with Gasteiger partial charge in [0.25, 0.3) is 0 Å². The van der Waals surface area contributed by atoms with E-state index in [0.717, 1.165) is 51.7 Å². The van der Waals surface area contributed by atoms with Crippen molar-refractivity contribution in [2.24, 2.45) is 5.92 Å². The number of halogens is 1. The first-order chi connectivity index (χ1) is 26.2. The molecule has 5 N–H and O–H groups in total. The number of nitrogens with one attached hydrogen (secondary N) is 2. The number of nitrogens with zero attached hydrogens (tertiary/aromatic N) is 1. The summed E-state index contributed by atoms with van der Waals surface area (Å²) in [5, 5.41) is 36.7. The largest absolute Gasteiger partial charge is 0.506 e. The van der Waals surface area contributed by atoms with Crippen molar-refractivity contribution in [2.75, 3.05) is 39.4 Å². The molecular formula is C43H48FN3O7. The quantitative estimate of drug-likeness (QED) is 0.0579. The zero-order chi connectivity index (χ0) is 37.9. The molecule has 54 heavy (non-hydrogen) atoms. The zero-order valence-corrected chi connectivity index (χ0v) is 30.3. The Bertz CT molecular complexity index is 2030. The Morgan fingerprint density at radius 1 is 0.926 bits per heavy atom. The standard InChI is InChI=1S/C43H48FN3O7/c44-34-14-12-32(13-15-34)43(52,42(51)54-29-31-20-23-47(24-21-31)28-30-8-3-1-4-9-30)33-10-7-11-35(26-33)53-25-6-2-5-22-45-27-39(49)36-16-18-38(48)41-37(36)17-19-40(50)46-41/h1,3-4,7-19,26,31,39,45,48-49,52H,2,5-6,20-25,27-29H2,(H,46,50). The lowest BCUT2D eigenvalue weighted by molar-refractivity contribution is -0.164. The molecule has 11 heteroatoms. The maximum absolute atomic E-state index is 13.9. The van der Waals surface area contributed by atoms with Crippen molar-refractivity contribution in [3.05, 3.63) is 142 Å². The number of benzene rings is 4. The van der Waals surface area contributed by atoms with Gasteiger partial charge in [-0.1, -0.05) is 60.7 Å². The fourth-order valence-corrected chi connectivity index (χ4v) is 6.97. The molecule has 2 atom stereocenters. The summed E-state index contributed by atoms with van der Waals surface area (Å²) in [7, 11) is 0. The number of fused-ring (bicyclic) bond motifs is 1. The molecule has 0 bridgehead atoms. The second kappa shape index (κ2) is 18.3. The van der Waals surface area contributed by atoms with E-state index in [9.17, 15) is 29.3 Å². The molecule has 1 aliphatic heterocycles. The number of esters is 1. The van der Waals surface area contributed by atoms with E-state index < -0.39 is 23.5 Å². The van der Waals surface area contributed by atoms with Crippen molar-refractivity contribution in [1.82, 2.24) is 15.2 Å². The van der Waals surface area contributed by atoms with Crippen LogP contribution in [0.3, 0.4) is 0 Å². The van der Waals surface area contributed by atoms with Crippen molar-refractivity contribution in [3.63, 3.8) is 0 Å². The van der Waals surface area contributed by atoms with Crippen molar-refractivity contribution >= 4 is 16.9 Å². The van der Waals surface area contributed by atoms with Crippen LogP contribution >= 0.6 is 0 Å². The molecule has 0 aliphatic carbocycles. The number of aliphatic hydroxyl groups is 2. The van der Waals surface area contributed by atoms with Gasteiger partial charge in [-0.2, -0.15) is 0 Å². The third-order valence-corrected chi connectivity index (χ3v) is 10.1. The van der Waals surface area contributed by atoms with Crippen LogP contribution in [0.4, 0.5) is 4.39 Å². The van der Waals surface area contributed by atoms with Crippen LogP contribution in [0.1, 0.15) is 60.5 Å². The Morgan fingerprint density at radius 3 is 2.48 bits per heavy atom. The number of ether oxygens (including phenoxy) is 2. The second-order valence-corrected chi connectivity index (χ2v) is 14.0. The van der Waals surface area contributed by atoms with E-state index in [4.69, 9.17) is 9.47 Å². The molecule has 0 saturated carbocycles. The lowest BCUT2D eigenvalue weighted by Gasteiger charge is -2.33. The smallest absolute Gasteiger partial charge is 0.347 e. The molecule has 1 aromatic heterocycles. The van der Waals surface area contributed by atoms with Gasteiger partial charge in [0, 0.05) is 30.1 Å².